The van der Waals surface area contributed by atoms with Crippen molar-refractivity contribution < 1.29 is 9.18 Å². The summed E-state index contributed by atoms with van der Waals surface area (Å²) < 4.78 is 13.9. The fraction of sp³-hybridized carbons (Fsp3) is 0.462. The van der Waals surface area contributed by atoms with E-state index in [4.69, 9.17) is 0 Å². The zero-order valence-electron chi connectivity index (χ0n) is 9.17. The van der Waals surface area contributed by atoms with E-state index < -0.39 is 0 Å². The van der Waals surface area contributed by atoms with Crippen LogP contribution < -0.4 is 0 Å². The second kappa shape index (κ2) is 4.66. The lowest BCUT2D eigenvalue weighted by atomic mass is 9.91. The van der Waals surface area contributed by atoms with E-state index in [1.807, 2.05) is 13.0 Å². The van der Waals surface area contributed by atoms with Crippen LogP contribution in [0.15, 0.2) is 22.7 Å². The molecule has 0 amide bonds. The molecule has 0 spiro atoms. The Hall–Kier alpha value is -0.700. The minimum absolute atomic E-state index is 0.121. The molecule has 1 aromatic carbocycles. The number of Topliss-reactive ketones (excluding diaryl/α,β-unsaturated/α-hetero) is 1. The van der Waals surface area contributed by atoms with Crippen LogP contribution in [0.2, 0.25) is 0 Å². The average molecular weight is 285 g/mol. The highest BCUT2D eigenvalue weighted by atomic mass is 79.9. The van der Waals surface area contributed by atoms with Crippen molar-refractivity contribution in [3.05, 3.63) is 34.1 Å². The number of hydrogen-bond acceptors (Lipinski definition) is 1. The van der Waals surface area contributed by atoms with E-state index in [1.165, 1.54) is 6.07 Å². The Morgan fingerprint density at radius 3 is 2.88 bits per heavy atom. The first kappa shape index (κ1) is 11.8. The molecule has 3 heteroatoms. The molecule has 0 radical (unpaired) electrons. The number of halogens is 2. The third-order valence-electron chi connectivity index (χ3n) is 3.49. The molecule has 0 aromatic heterocycles. The van der Waals surface area contributed by atoms with Crippen molar-refractivity contribution in [2.45, 2.75) is 26.2 Å². The van der Waals surface area contributed by atoms with Crippen LogP contribution in [-0.4, -0.2) is 5.78 Å². The zero-order valence-corrected chi connectivity index (χ0v) is 10.8. The van der Waals surface area contributed by atoms with Crippen LogP contribution in [0.25, 0.3) is 0 Å². The Morgan fingerprint density at radius 2 is 2.25 bits per heavy atom. The molecule has 2 rings (SSSR count). The van der Waals surface area contributed by atoms with Crippen LogP contribution in [0.4, 0.5) is 4.39 Å². The molecule has 16 heavy (non-hydrogen) atoms. The van der Waals surface area contributed by atoms with Crippen LogP contribution in [0.1, 0.15) is 25.3 Å². The normalized spacial score (nSPS) is 25.1. The first-order chi connectivity index (χ1) is 7.59. The van der Waals surface area contributed by atoms with Crippen LogP contribution >= 0.6 is 15.9 Å². The SMILES string of the molecule is CC1C(=O)CCC1Cc1cccc(F)c1Br. The number of rotatable bonds is 2. The van der Waals surface area contributed by atoms with Gasteiger partial charge in [0.1, 0.15) is 11.6 Å². The summed E-state index contributed by atoms with van der Waals surface area (Å²) in [5, 5.41) is 0. The van der Waals surface area contributed by atoms with Crippen LogP contribution in [0, 0.1) is 17.7 Å². The van der Waals surface area contributed by atoms with Crippen molar-refractivity contribution in [1.82, 2.24) is 0 Å². The molecule has 1 fully saturated rings. The fourth-order valence-electron chi connectivity index (χ4n) is 2.34. The summed E-state index contributed by atoms with van der Waals surface area (Å²) in [7, 11) is 0. The number of ketones is 1. The Labute approximate surface area is 103 Å². The van der Waals surface area contributed by atoms with Gasteiger partial charge in [-0.05, 0) is 46.3 Å². The standard InChI is InChI=1S/C13H14BrFO/c1-8-9(5-6-12(8)16)7-10-3-2-4-11(15)13(10)14/h2-4,8-9H,5-7H2,1H3. The van der Waals surface area contributed by atoms with Gasteiger partial charge in [-0.1, -0.05) is 19.1 Å². The fourth-order valence-corrected chi connectivity index (χ4v) is 2.76. The highest BCUT2D eigenvalue weighted by Crippen LogP contribution is 2.33. The molecular formula is C13H14BrFO. The van der Waals surface area contributed by atoms with Gasteiger partial charge in [0.25, 0.3) is 0 Å². The number of benzene rings is 1. The quantitative estimate of drug-likeness (QED) is 0.809. The molecule has 0 N–H and O–H groups in total. The molecule has 0 heterocycles. The van der Waals surface area contributed by atoms with Gasteiger partial charge in [-0.25, -0.2) is 4.39 Å². The summed E-state index contributed by atoms with van der Waals surface area (Å²) in [6.45, 7) is 1.98. The smallest absolute Gasteiger partial charge is 0.137 e. The minimum Gasteiger partial charge on any atom is -0.299 e. The molecule has 1 aliphatic carbocycles. The Kier molecular flexibility index (Phi) is 3.43. The van der Waals surface area contributed by atoms with Crippen molar-refractivity contribution in [1.29, 1.82) is 0 Å². The zero-order chi connectivity index (χ0) is 11.7. The second-order valence-electron chi connectivity index (χ2n) is 4.47. The van der Waals surface area contributed by atoms with Gasteiger partial charge in [-0.3, -0.25) is 4.79 Å². The van der Waals surface area contributed by atoms with E-state index >= 15 is 0 Å². The molecule has 0 bridgehead atoms. The molecule has 0 saturated heterocycles. The number of carbonyl (C=O) groups excluding carboxylic acids is 1. The summed E-state index contributed by atoms with van der Waals surface area (Å²) in [6, 6.07) is 5.08. The minimum atomic E-state index is -0.227. The van der Waals surface area contributed by atoms with Gasteiger partial charge in [-0.2, -0.15) is 0 Å². The first-order valence-electron chi connectivity index (χ1n) is 5.55. The summed E-state index contributed by atoms with van der Waals surface area (Å²) in [5.41, 5.74) is 0.964. The van der Waals surface area contributed by atoms with Gasteiger partial charge in [0.05, 0.1) is 4.47 Å². The van der Waals surface area contributed by atoms with Crippen LogP contribution in [0.5, 0.6) is 0 Å². The van der Waals surface area contributed by atoms with E-state index in [9.17, 15) is 9.18 Å². The van der Waals surface area contributed by atoms with Crippen molar-refractivity contribution in [3.63, 3.8) is 0 Å². The van der Waals surface area contributed by atoms with Gasteiger partial charge in [-0.15, -0.1) is 0 Å². The lowest BCUT2D eigenvalue weighted by Crippen LogP contribution is -2.13. The van der Waals surface area contributed by atoms with Gasteiger partial charge in [0, 0.05) is 12.3 Å². The van der Waals surface area contributed by atoms with Crippen molar-refractivity contribution in [2.75, 3.05) is 0 Å². The maximum atomic E-state index is 13.3. The molecule has 1 nitrogen and oxygen atoms in total. The van der Waals surface area contributed by atoms with Crippen LogP contribution in [0.3, 0.4) is 0 Å². The number of carbonyl (C=O) groups is 1. The van der Waals surface area contributed by atoms with E-state index in [0.717, 1.165) is 18.4 Å². The summed E-state index contributed by atoms with van der Waals surface area (Å²) >= 11 is 3.26. The molecular weight excluding hydrogens is 271 g/mol. The number of hydrogen-bond donors (Lipinski definition) is 0. The molecule has 2 atom stereocenters. The van der Waals surface area contributed by atoms with Gasteiger partial charge in [0.15, 0.2) is 0 Å². The van der Waals surface area contributed by atoms with E-state index in [2.05, 4.69) is 15.9 Å². The lowest BCUT2D eigenvalue weighted by Gasteiger charge is -2.15. The summed E-state index contributed by atoms with van der Waals surface area (Å²) in [6.07, 6.45) is 2.40. The molecule has 0 aliphatic heterocycles. The van der Waals surface area contributed by atoms with Gasteiger partial charge >= 0.3 is 0 Å². The predicted molar refractivity (Wildman–Crippen MR) is 64.7 cm³/mol. The first-order valence-corrected chi connectivity index (χ1v) is 6.34. The Morgan fingerprint density at radius 1 is 1.50 bits per heavy atom. The van der Waals surface area contributed by atoms with E-state index in [0.29, 0.717) is 22.6 Å². The van der Waals surface area contributed by atoms with Crippen molar-refractivity contribution in [3.8, 4) is 0 Å². The van der Waals surface area contributed by atoms with Crippen molar-refractivity contribution in [2.24, 2.45) is 11.8 Å². The van der Waals surface area contributed by atoms with Gasteiger partial charge in [0.2, 0.25) is 0 Å². The molecule has 2 unspecified atom stereocenters. The Balaban J connectivity index is 2.15. The van der Waals surface area contributed by atoms with E-state index in [-0.39, 0.29) is 11.7 Å². The van der Waals surface area contributed by atoms with E-state index in [1.54, 1.807) is 6.07 Å². The lowest BCUT2D eigenvalue weighted by molar-refractivity contribution is -0.120. The highest BCUT2D eigenvalue weighted by molar-refractivity contribution is 9.10. The topological polar surface area (TPSA) is 17.1 Å². The largest absolute Gasteiger partial charge is 0.299 e. The molecule has 86 valence electrons. The third-order valence-corrected chi connectivity index (χ3v) is 4.38. The average Bonchev–Trinajstić information content (AvgIpc) is 2.57. The molecule has 1 saturated carbocycles. The van der Waals surface area contributed by atoms with Crippen molar-refractivity contribution >= 4 is 21.7 Å². The monoisotopic (exact) mass is 284 g/mol. The Bertz CT molecular complexity index is 416. The third kappa shape index (κ3) is 2.19. The maximum absolute atomic E-state index is 13.3. The van der Waals surface area contributed by atoms with Crippen LogP contribution in [-0.2, 0) is 11.2 Å². The summed E-state index contributed by atoms with van der Waals surface area (Å²) in [4.78, 5) is 11.4. The molecule has 1 aliphatic rings. The summed E-state index contributed by atoms with van der Waals surface area (Å²) in [5.74, 6) is 0.604. The molecule has 1 aromatic rings. The highest BCUT2D eigenvalue weighted by Gasteiger charge is 2.31. The predicted octanol–water partition coefficient (Wildman–Crippen LogP) is 3.75. The van der Waals surface area contributed by atoms with Gasteiger partial charge < -0.3 is 0 Å². The maximum Gasteiger partial charge on any atom is 0.137 e. The second-order valence-corrected chi connectivity index (χ2v) is 5.26.